The second-order valence-electron chi connectivity index (χ2n) is 3.25. The van der Waals surface area contributed by atoms with Gasteiger partial charge in [-0.2, -0.15) is 0 Å². The fourth-order valence-corrected chi connectivity index (χ4v) is 1.13. The van der Waals surface area contributed by atoms with Crippen molar-refractivity contribution in [3.63, 3.8) is 0 Å². The Balaban J connectivity index is 0. The highest BCUT2D eigenvalue weighted by atomic mass is 35.5. The van der Waals surface area contributed by atoms with E-state index in [1.165, 1.54) is 5.69 Å². The highest BCUT2D eigenvalue weighted by molar-refractivity contribution is 5.85. The molecular formula is C11H18Cl2N2. The second-order valence-corrected chi connectivity index (χ2v) is 3.25. The van der Waals surface area contributed by atoms with E-state index in [0.717, 1.165) is 5.56 Å². The highest BCUT2D eigenvalue weighted by Gasteiger charge is 2.00. The topological polar surface area (TPSA) is 29.3 Å². The van der Waals surface area contributed by atoms with Gasteiger partial charge in [-0.25, -0.2) is 0 Å². The minimum Gasteiger partial charge on any atom is -0.378 e. The van der Waals surface area contributed by atoms with Crippen LogP contribution in [0.5, 0.6) is 0 Å². The average Bonchev–Trinajstić information content (AvgIpc) is 2.17. The van der Waals surface area contributed by atoms with Crippen LogP contribution in [0.25, 0.3) is 0 Å². The van der Waals surface area contributed by atoms with E-state index >= 15 is 0 Å². The molecule has 4 heteroatoms. The summed E-state index contributed by atoms with van der Waals surface area (Å²) in [6.45, 7) is 3.66. The minimum atomic E-state index is -0.0591. The number of nitrogens with zero attached hydrogens (tertiary/aromatic N) is 1. The van der Waals surface area contributed by atoms with Crippen LogP contribution >= 0.6 is 24.8 Å². The van der Waals surface area contributed by atoms with E-state index in [1.54, 1.807) is 6.08 Å². The molecule has 0 saturated carbocycles. The molecule has 0 aromatic heterocycles. The molecule has 15 heavy (non-hydrogen) atoms. The fraction of sp³-hybridized carbons (Fsp3) is 0.273. The number of benzene rings is 1. The molecule has 0 radical (unpaired) electrons. The summed E-state index contributed by atoms with van der Waals surface area (Å²) < 4.78 is 0. The van der Waals surface area contributed by atoms with Crippen molar-refractivity contribution in [3.05, 3.63) is 42.5 Å². The third kappa shape index (κ3) is 4.56. The smallest absolute Gasteiger partial charge is 0.0478 e. The molecule has 0 fully saturated rings. The predicted octanol–water partition coefficient (Wildman–Crippen LogP) is 2.78. The Morgan fingerprint density at radius 2 is 1.67 bits per heavy atom. The molecule has 2 N–H and O–H groups in total. The van der Waals surface area contributed by atoms with Gasteiger partial charge in [-0.3, -0.25) is 0 Å². The summed E-state index contributed by atoms with van der Waals surface area (Å²) in [5, 5.41) is 0. The Morgan fingerprint density at radius 1 is 1.20 bits per heavy atom. The molecule has 86 valence electrons. The molecule has 0 bridgehead atoms. The Labute approximate surface area is 104 Å². The zero-order valence-electron chi connectivity index (χ0n) is 9.01. The molecule has 0 amide bonds. The number of anilines is 1. The maximum Gasteiger partial charge on any atom is 0.0478 e. The standard InChI is InChI=1S/C11H16N2.2ClH/c1-4-11(12)9-5-7-10(8-6-9)13(2)3;;/h4-8,11H,1,12H2,2-3H3;2*1H. The van der Waals surface area contributed by atoms with E-state index in [1.807, 2.05) is 26.2 Å². The van der Waals surface area contributed by atoms with Gasteiger partial charge >= 0.3 is 0 Å². The Bertz CT molecular complexity index is 283. The van der Waals surface area contributed by atoms with Gasteiger partial charge in [0.25, 0.3) is 0 Å². The monoisotopic (exact) mass is 248 g/mol. The first-order valence-electron chi connectivity index (χ1n) is 4.30. The van der Waals surface area contributed by atoms with Gasteiger partial charge < -0.3 is 10.6 Å². The van der Waals surface area contributed by atoms with Crippen molar-refractivity contribution in [1.29, 1.82) is 0 Å². The van der Waals surface area contributed by atoms with Crippen LogP contribution in [0.1, 0.15) is 11.6 Å². The second kappa shape index (κ2) is 7.57. The lowest BCUT2D eigenvalue weighted by molar-refractivity contribution is 0.913. The molecule has 0 saturated heterocycles. The zero-order valence-corrected chi connectivity index (χ0v) is 10.6. The summed E-state index contributed by atoms with van der Waals surface area (Å²) in [5.41, 5.74) is 8.07. The van der Waals surface area contributed by atoms with Crippen LogP contribution in [0, 0.1) is 0 Å². The first-order valence-corrected chi connectivity index (χ1v) is 4.30. The first-order chi connectivity index (χ1) is 6.15. The van der Waals surface area contributed by atoms with Gasteiger partial charge in [-0.15, -0.1) is 31.4 Å². The quantitative estimate of drug-likeness (QED) is 0.834. The fourth-order valence-electron chi connectivity index (χ4n) is 1.13. The molecule has 1 atom stereocenters. The van der Waals surface area contributed by atoms with Gasteiger partial charge in [-0.1, -0.05) is 18.2 Å². The molecule has 2 nitrogen and oxygen atoms in total. The van der Waals surface area contributed by atoms with Gasteiger partial charge in [0.05, 0.1) is 0 Å². The number of hydrogen-bond acceptors (Lipinski definition) is 2. The summed E-state index contributed by atoms with van der Waals surface area (Å²) in [5.74, 6) is 0. The lowest BCUT2D eigenvalue weighted by Gasteiger charge is -2.13. The zero-order chi connectivity index (χ0) is 9.84. The number of rotatable bonds is 3. The summed E-state index contributed by atoms with van der Waals surface area (Å²) in [7, 11) is 4.03. The molecular weight excluding hydrogens is 231 g/mol. The van der Waals surface area contributed by atoms with Crippen molar-refractivity contribution in [1.82, 2.24) is 0 Å². The lowest BCUT2D eigenvalue weighted by Crippen LogP contribution is -2.10. The van der Waals surface area contributed by atoms with Crippen LogP contribution in [-0.2, 0) is 0 Å². The summed E-state index contributed by atoms with van der Waals surface area (Å²) in [6.07, 6.45) is 1.74. The summed E-state index contributed by atoms with van der Waals surface area (Å²) in [6, 6.07) is 8.11. The van der Waals surface area contributed by atoms with E-state index in [9.17, 15) is 0 Å². The van der Waals surface area contributed by atoms with Crippen molar-refractivity contribution in [2.75, 3.05) is 19.0 Å². The lowest BCUT2D eigenvalue weighted by atomic mass is 10.1. The van der Waals surface area contributed by atoms with Crippen molar-refractivity contribution >= 4 is 30.5 Å². The molecule has 0 aliphatic heterocycles. The third-order valence-corrected chi connectivity index (χ3v) is 2.05. The number of nitrogens with two attached hydrogens (primary N) is 1. The average molecular weight is 249 g/mol. The molecule has 1 rings (SSSR count). The maximum absolute atomic E-state index is 5.79. The van der Waals surface area contributed by atoms with Crippen LogP contribution in [0.2, 0.25) is 0 Å². The largest absolute Gasteiger partial charge is 0.378 e. The summed E-state index contributed by atoms with van der Waals surface area (Å²) in [4.78, 5) is 2.06. The predicted molar refractivity (Wildman–Crippen MR) is 72.4 cm³/mol. The van der Waals surface area contributed by atoms with Gasteiger partial charge in [0.15, 0.2) is 0 Å². The van der Waals surface area contributed by atoms with Gasteiger partial charge in [0.2, 0.25) is 0 Å². The van der Waals surface area contributed by atoms with E-state index in [4.69, 9.17) is 5.73 Å². The molecule has 0 aliphatic rings. The molecule has 0 heterocycles. The van der Waals surface area contributed by atoms with Gasteiger partial charge in [0, 0.05) is 25.8 Å². The van der Waals surface area contributed by atoms with Crippen molar-refractivity contribution < 1.29 is 0 Å². The Hall–Kier alpha value is -0.700. The van der Waals surface area contributed by atoms with Crippen molar-refractivity contribution in [2.45, 2.75) is 6.04 Å². The van der Waals surface area contributed by atoms with Gasteiger partial charge in [0.1, 0.15) is 0 Å². The van der Waals surface area contributed by atoms with Crippen LogP contribution < -0.4 is 10.6 Å². The maximum atomic E-state index is 5.79. The van der Waals surface area contributed by atoms with Crippen LogP contribution in [0.4, 0.5) is 5.69 Å². The number of hydrogen-bond donors (Lipinski definition) is 1. The molecule has 1 aromatic carbocycles. The van der Waals surface area contributed by atoms with Crippen LogP contribution in [0.3, 0.4) is 0 Å². The van der Waals surface area contributed by atoms with E-state index in [-0.39, 0.29) is 30.9 Å². The van der Waals surface area contributed by atoms with E-state index in [2.05, 4.69) is 23.6 Å². The van der Waals surface area contributed by atoms with Crippen LogP contribution in [0.15, 0.2) is 36.9 Å². The van der Waals surface area contributed by atoms with Crippen molar-refractivity contribution in [2.24, 2.45) is 5.73 Å². The van der Waals surface area contributed by atoms with Gasteiger partial charge in [-0.05, 0) is 17.7 Å². The number of halogens is 2. The molecule has 0 spiro atoms. The van der Waals surface area contributed by atoms with Crippen molar-refractivity contribution in [3.8, 4) is 0 Å². The molecule has 0 aliphatic carbocycles. The first kappa shape index (κ1) is 16.7. The third-order valence-electron chi connectivity index (χ3n) is 2.05. The molecule has 1 unspecified atom stereocenters. The SMILES string of the molecule is C=CC(N)c1ccc(N(C)C)cc1.Cl.Cl. The van der Waals surface area contributed by atoms with E-state index in [0.29, 0.717) is 0 Å². The highest BCUT2D eigenvalue weighted by Crippen LogP contribution is 2.16. The van der Waals surface area contributed by atoms with Crippen LogP contribution in [-0.4, -0.2) is 14.1 Å². The van der Waals surface area contributed by atoms with E-state index < -0.39 is 0 Å². The minimum absolute atomic E-state index is 0. The summed E-state index contributed by atoms with van der Waals surface area (Å²) >= 11 is 0. The molecule has 1 aromatic rings. The normalized spacial score (nSPS) is 10.6. The Morgan fingerprint density at radius 3 is 2.00 bits per heavy atom. The Kier molecular flexibility index (Phi) is 8.44.